The molecule has 2 aromatic rings. The third kappa shape index (κ3) is 4.32. The molecule has 0 aliphatic carbocycles. The van der Waals surface area contributed by atoms with E-state index in [-0.39, 0.29) is 12.1 Å². The van der Waals surface area contributed by atoms with Crippen molar-refractivity contribution in [1.29, 1.82) is 0 Å². The number of imidazole rings is 1. The lowest BCUT2D eigenvalue weighted by Gasteiger charge is -2.23. The van der Waals surface area contributed by atoms with Gasteiger partial charge in [0.2, 0.25) is 0 Å². The largest absolute Gasteiger partial charge is 0.382 e. The van der Waals surface area contributed by atoms with Crippen molar-refractivity contribution in [3.05, 3.63) is 36.2 Å². The zero-order valence-electron chi connectivity index (χ0n) is 14.1. The summed E-state index contributed by atoms with van der Waals surface area (Å²) in [6.45, 7) is 3.63. The van der Waals surface area contributed by atoms with Crippen molar-refractivity contribution in [2.24, 2.45) is 7.05 Å². The summed E-state index contributed by atoms with van der Waals surface area (Å²) in [6, 6.07) is 1.49. The molecular formula is C15H24N6O2. The van der Waals surface area contributed by atoms with Crippen LogP contribution in [0.25, 0.3) is 0 Å². The van der Waals surface area contributed by atoms with Crippen LogP contribution in [-0.4, -0.2) is 57.6 Å². The summed E-state index contributed by atoms with van der Waals surface area (Å²) in [4.78, 5) is 18.2. The summed E-state index contributed by atoms with van der Waals surface area (Å²) in [5.74, 6) is 0.936. The maximum atomic E-state index is 12.4. The molecule has 1 N–H and O–H groups in total. The Kier molecular flexibility index (Phi) is 5.75. The van der Waals surface area contributed by atoms with Gasteiger partial charge in [0.05, 0.1) is 18.3 Å². The minimum absolute atomic E-state index is 0.147. The third-order valence-electron chi connectivity index (χ3n) is 3.79. The molecule has 0 fully saturated rings. The van der Waals surface area contributed by atoms with E-state index in [0.29, 0.717) is 19.7 Å². The van der Waals surface area contributed by atoms with Gasteiger partial charge in [-0.2, -0.15) is 5.10 Å². The molecule has 0 spiro atoms. The highest BCUT2D eigenvalue weighted by Gasteiger charge is 2.19. The van der Waals surface area contributed by atoms with Crippen molar-refractivity contribution in [3.63, 3.8) is 0 Å². The van der Waals surface area contributed by atoms with E-state index in [4.69, 9.17) is 4.74 Å². The van der Waals surface area contributed by atoms with E-state index in [1.807, 2.05) is 30.8 Å². The molecule has 0 saturated heterocycles. The van der Waals surface area contributed by atoms with Crippen molar-refractivity contribution < 1.29 is 9.53 Å². The SMILES string of the molecule is COCC(NC(=O)N(C)CCn1ccnc1C)c1ccnn1C. The van der Waals surface area contributed by atoms with Crippen LogP contribution in [0.5, 0.6) is 0 Å². The number of carbonyl (C=O) groups is 1. The second-order valence-corrected chi connectivity index (χ2v) is 5.43. The second-order valence-electron chi connectivity index (χ2n) is 5.43. The first-order valence-corrected chi connectivity index (χ1v) is 7.49. The molecular weight excluding hydrogens is 296 g/mol. The predicted molar refractivity (Wildman–Crippen MR) is 86.0 cm³/mol. The number of aromatic nitrogens is 4. The maximum Gasteiger partial charge on any atom is 0.317 e. The molecule has 23 heavy (non-hydrogen) atoms. The van der Waals surface area contributed by atoms with Crippen LogP contribution < -0.4 is 5.32 Å². The maximum absolute atomic E-state index is 12.4. The highest BCUT2D eigenvalue weighted by atomic mass is 16.5. The van der Waals surface area contributed by atoms with E-state index >= 15 is 0 Å². The molecule has 1 atom stereocenters. The van der Waals surface area contributed by atoms with E-state index < -0.39 is 0 Å². The van der Waals surface area contributed by atoms with Crippen LogP contribution in [0.2, 0.25) is 0 Å². The number of aryl methyl sites for hydroxylation is 2. The van der Waals surface area contributed by atoms with Gasteiger partial charge in [0, 0.05) is 52.9 Å². The van der Waals surface area contributed by atoms with Crippen LogP contribution in [0, 0.1) is 6.92 Å². The van der Waals surface area contributed by atoms with Crippen molar-refractivity contribution in [1.82, 2.24) is 29.5 Å². The lowest BCUT2D eigenvalue weighted by Crippen LogP contribution is -2.42. The molecule has 0 bridgehead atoms. The fraction of sp³-hybridized carbons (Fsp3) is 0.533. The van der Waals surface area contributed by atoms with E-state index in [0.717, 1.165) is 11.5 Å². The number of hydrogen-bond donors (Lipinski definition) is 1. The highest BCUT2D eigenvalue weighted by molar-refractivity contribution is 5.74. The fourth-order valence-corrected chi connectivity index (χ4v) is 2.35. The standard InChI is InChI=1S/C15H24N6O2/c1-12-16-7-8-21(12)10-9-19(2)15(22)18-13(11-23-4)14-5-6-17-20(14)3/h5-8,13H,9-11H2,1-4H3,(H,18,22). The van der Waals surface area contributed by atoms with Gasteiger partial charge < -0.3 is 19.5 Å². The number of nitrogens with zero attached hydrogens (tertiary/aromatic N) is 5. The number of nitrogens with one attached hydrogen (secondary N) is 1. The van der Waals surface area contributed by atoms with Gasteiger partial charge in [0.25, 0.3) is 0 Å². The van der Waals surface area contributed by atoms with Crippen LogP contribution in [0.3, 0.4) is 0 Å². The lowest BCUT2D eigenvalue weighted by molar-refractivity contribution is 0.155. The first kappa shape index (κ1) is 17.0. The van der Waals surface area contributed by atoms with E-state index in [9.17, 15) is 4.79 Å². The topological polar surface area (TPSA) is 77.2 Å². The Hall–Kier alpha value is -2.35. The molecule has 2 heterocycles. The zero-order valence-corrected chi connectivity index (χ0v) is 14.1. The smallest absolute Gasteiger partial charge is 0.317 e. The van der Waals surface area contributed by atoms with Crippen LogP contribution >= 0.6 is 0 Å². The molecule has 0 aliphatic rings. The summed E-state index contributed by atoms with van der Waals surface area (Å²) in [5.41, 5.74) is 0.902. The third-order valence-corrected chi connectivity index (χ3v) is 3.79. The van der Waals surface area contributed by atoms with Gasteiger partial charge in [-0.1, -0.05) is 0 Å². The Bertz CT molecular complexity index is 635. The minimum atomic E-state index is -0.238. The second kappa shape index (κ2) is 7.77. The molecule has 8 nitrogen and oxygen atoms in total. The number of carbonyl (C=O) groups excluding carboxylic acids is 1. The van der Waals surface area contributed by atoms with Crippen molar-refractivity contribution in [2.45, 2.75) is 19.5 Å². The van der Waals surface area contributed by atoms with Crippen LogP contribution in [0.1, 0.15) is 17.6 Å². The van der Waals surface area contributed by atoms with Crippen molar-refractivity contribution in [2.75, 3.05) is 27.3 Å². The van der Waals surface area contributed by atoms with Gasteiger partial charge in [-0.25, -0.2) is 9.78 Å². The lowest BCUT2D eigenvalue weighted by atomic mass is 10.2. The van der Waals surface area contributed by atoms with Gasteiger partial charge >= 0.3 is 6.03 Å². The molecule has 0 aromatic carbocycles. The van der Waals surface area contributed by atoms with Crippen LogP contribution in [-0.2, 0) is 18.3 Å². The van der Waals surface area contributed by atoms with E-state index in [1.54, 1.807) is 36.1 Å². The van der Waals surface area contributed by atoms with Gasteiger partial charge in [0.15, 0.2) is 0 Å². The van der Waals surface area contributed by atoms with E-state index in [2.05, 4.69) is 15.4 Å². The Morgan fingerprint density at radius 2 is 2.26 bits per heavy atom. The molecule has 1 unspecified atom stereocenters. The number of ether oxygens (including phenoxy) is 1. The first-order chi connectivity index (χ1) is 11.0. The zero-order chi connectivity index (χ0) is 16.8. The average molecular weight is 320 g/mol. The van der Waals surface area contributed by atoms with Gasteiger partial charge in [0.1, 0.15) is 5.82 Å². The minimum Gasteiger partial charge on any atom is -0.382 e. The first-order valence-electron chi connectivity index (χ1n) is 7.49. The van der Waals surface area contributed by atoms with Gasteiger partial charge in [-0.05, 0) is 13.0 Å². The number of likely N-dealkylation sites (N-methyl/N-ethyl adjacent to an activating group) is 1. The molecule has 2 amide bonds. The average Bonchev–Trinajstić information content (AvgIpc) is 3.12. The van der Waals surface area contributed by atoms with E-state index in [1.165, 1.54) is 0 Å². The Balaban J connectivity index is 1.92. The molecule has 2 rings (SSSR count). The normalized spacial score (nSPS) is 12.2. The number of methoxy groups -OCH3 is 1. The summed E-state index contributed by atoms with van der Waals surface area (Å²) in [6.07, 6.45) is 5.37. The fourth-order valence-electron chi connectivity index (χ4n) is 2.35. The summed E-state index contributed by atoms with van der Waals surface area (Å²) >= 11 is 0. The summed E-state index contributed by atoms with van der Waals surface area (Å²) in [7, 11) is 5.23. The Morgan fingerprint density at radius 3 is 2.83 bits per heavy atom. The number of amides is 2. The predicted octanol–water partition coefficient (Wildman–Crippen LogP) is 0.954. The molecule has 0 aliphatic heterocycles. The van der Waals surface area contributed by atoms with Crippen LogP contribution in [0.15, 0.2) is 24.7 Å². The molecule has 2 aromatic heterocycles. The summed E-state index contributed by atoms with van der Waals surface area (Å²) < 4.78 is 8.96. The van der Waals surface area contributed by atoms with Gasteiger partial charge in [-0.15, -0.1) is 0 Å². The molecule has 8 heteroatoms. The van der Waals surface area contributed by atoms with Crippen molar-refractivity contribution >= 4 is 6.03 Å². The summed E-state index contributed by atoms with van der Waals surface area (Å²) in [5, 5.41) is 7.12. The number of rotatable bonds is 7. The Morgan fingerprint density at radius 1 is 1.48 bits per heavy atom. The quantitative estimate of drug-likeness (QED) is 0.824. The Labute approximate surface area is 136 Å². The monoisotopic (exact) mass is 320 g/mol. The highest BCUT2D eigenvalue weighted by Crippen LogP contribution is 2.12. The van der Waals surface area contributed by atoms with Gasteiger partial charge in [-0.3, -0.25) is 4.68 Å². The molecule has 0 saturated carbocycles. The molecule has 126 valence electrons. The number of urea groups is 1. The molecule has 0 radical (unpaired) electrons. The van der Waals surface area contributed by atoms with Crippen molar-refractivity contribution in [3.8, 4) is 0 Å². The number of hydrogen-bond acceptors (Lipinski definition) is 4. The van der Waals surface area contributed by atoms with Crippen LogP contribution in [0.4, 0.5) is 4.79 Å².